The average molecular weight is 192 g/mol. The molecule has 0 atom stereocenters. The van der Waals surface area contributed by atoms with Crippen molar-refractivity contribution < 1.29 is 24.4 Å². The predicted molar refractivity (Wildman–Crippen MR) is 40.8 cm³/mol. The molecule has 0 saturated heterocycles. The van der Waals surface area contributed by atoms with Gasteiger partial charge in [0.15, 0.2) is 0 Å². The summed E-state index contributed by atoms with van der Waals surface area (Å²) in [4.78, 5) is 25.0. The van der Waals surface area contributed by atoms with E-state index in [1.807, 2.05) is 0 Å². The summed E-state index contributed by atoms with van der Waals surface area (Å²) in [5.41, 5.74) is 2.13. The van der Waals surface area contributed by atoms with Gasteiger partial charge in [-0.2, -0.15) is 0 Å². The van der Waals surface area contributed by atoms with Crippen LogP contribution in [0.1, 0.15) is 20.8 Å². The van der Waals surface area contributed by atoms with Crippen molar-refractivity contribution in [2.75, 3.05) is 0 Å². The molecular formula is C6H12N2O5. The first-order valence-corrected chi connectivity index (χ1v) is 3.45. The van der Waals surface area contributed by atoms with Crippen molar-refractivity contribution in [2.24, 2.45) is 0 Å². The first-order chi connectivity index (χ1) is 5.85. The maximum absolute atomic E-state index is 10.8. The van der Waals surface area contributed by atoms with Crippen molar-refractivity contribution in [2.45, 2.75) is 26.4 Å². The maximum Gasteiger partial charge on any atom is 0.455 e. The molecule has 2 amide bonds. The Balaban J connectivity index is 3.71. The molecule has 7 heteroatoms. The van der Waals surface area contributed by atoms with E-state index in [1.165, 1.54) is 0 Å². The first kappa shape index (κ1) is 11.5. The van der Waals surface area contributed by atoms with Crippen LogP contribution in [-0.2, 0) is 9.57 Å². The number of hydroxylamine groups is 2. The van der Waals surface area contributed by atoms with Gasteiger partial charge in [-0.15, -0.1) is 5.48 Å². The van der Waals surface area contributed by atoms with E-state index < -0.39 is 17.8 Å². The Kier molecular flexibility index (Phi) is 3.99. The molecule has 7 nitrogen and oxygen atoms in total. The fraction of sp³-hybridized carbons (Fsp3) is 0.667. The van der Waals surface area contributed by atoms with Gasteiger partial charge < -0.3 is 9.57 Å². The van der Waals surface area contributed by atoms with E-state index in [9.17, 15) is 9.59 Å². The van der Waals surface area contributed by atoms with Crippen molar-refractivity contribution >= 4 is 12.2 Å². The summed E-state index contributed by atoms with van der Waals surface area (Å²) in [7, 11) is 0. The van der Waals surface area contributed by atoms with Crippen LogP contribution < -0.4 is 11.0 Å². The second-order valence-corrected chi connectivity index (χ2v) is 3.11. The van der Waals surface area contributed by atoms with Crippen LogP contribution >= 0.6 is 0 Å². The summed E-state index contributed by atoms with van der Waals surface area (Å²) in [5.74, 6) is 0. The van der Waals surface area contributed by atoms with E-state index in [2.05, 4.69) is 4.84 Å². The Labute approximate surface area is 74.9 Å². The SMILES string of the molecule is CC(C)(C)OC(=O)NOC(=O)NO. The molecule has 0 rings (SSSR count). The van der Waals surface area contributed by atoms with Crippen molar-refractivity contribution in [3.63, 3.8) is 0 Å². The lowest BCUT2D eigenvalue weighted by molar-refractivity contribution is 0.00574. The summed E-state index contributed by atoms with van der Waals surface area (Å²) in [6.45, 7) is 4.95. The van der Waals surface area contributed by atoms with Crippen LogP contribution in [0.2, 0.25) is 0 Å². The Morgan fingerprint density at radius 3 is 2.15 bits per heavy atom. The summed E-state index contributed by atoms with van der Waals surface area (Å²) < 4.78 is 4.70. The molecule has 0 aromatic carbocycles. The Morgan fingerprint density at radius 2 is 1.77 bits per heavy atom. The molecule has 0 bridgehead atoms. The van der Waals surface area contributed by atoms with Crippen LogP contribution in [-0.4, -0.2) is 23.0 Å². The van der Waals surface area contributed by atoms with Crippen LogP contribution in [0.3, 0.4) is 0 Å². The standard InChI is InChI=1S/C6H12N2O5/c1-6(2,3)12-5(10)8-13-4(9)7-11/h11H,1-3H3,(H,7,9)(H,8,10). The molecule has 76 valence electrons. The summed E-state index contributed by atoms with van der Waals surface area (Å²) in [5, 5.41) is 7.96. The number of amides is 2. The van der Waals surface area contributed by atoms with E-state index >= 15 is 0 Å². The highest BCUT2D eigenvalue weighted by Crippen LogP contribution is 2.06. The Hall–Kier alpha value is -1.50. The molecule has 13 heavy (non-hydrogen) atoms. The third-order valence-corrected chi connectivity index (χ3v) is 0.717. The summed E-state index contributed by atoms with van der Waals surface area (Å²) in [6, 6.07) is 0. The molecule has 0 heterocycles. The van der Waals surface area contributed by atoms with Gasteiger partial charge in [-0.1, -0.05) is 0 Å². The Morgan fingerprint density at radius 1 is 1.23 bits per heavy atom. The minimum absolute atomic E-state index is 0.677. The highest BCUT2D eigenvalue weighted by atomic mass is 16.7. The van der Waals surface area contributed by atoms with Crippen molar-refractivity contribution in [1.29, 1.82) is 0 Å². The number of carbonyl (C=O) groups is 2. The van der Waals surface area contributed by atoms with Gasteiger partial charge in [-0.3, -0.25) is 5.21 Å². The van der Waals surface area contributed by atoms with Crippen molar-refractivity contribution in [1.82, 2.24) is 11.0 Å². The lowest BCUT2D eigenvalue weighted by atomic mass is 10.2. The van der Waals surface area contributed by atoms with Crippen molar-refractivity contribution in [3.05, 3.63) is 0 Å². The molecule has 0 aliphatic carbocycles. The molecule has 0 unspecified atom stereocenters. The normalized spacial score (nSPS) is 10.2. The zero-order chi connectivity index (χ0) is 10.5. The fourth-order valence-corrected chi connectivity index (χ4v) is 0.410. The zero-order valence-electron chi connectivity index (χ0n) is 7.58. The van der Waals surface area contributed by atoms with Crippen molar-refractivity contribution in [3.8, 4) is 0 Å². The van der Waals surface area contributed by atoms with Crippen LogP contribution in [0.4, 0.5) is 9.59 Å². The van der Waals surface area contributed by atoms with Crippen LogP contribution in [0.5, 0.6) is 0 Å². The largest absolute Gasteiger partial charge is 0.455 e. The van der Waals surface area contributed by atoms with Gasteiger partial charge in [-0.05, 0) is 20.8 Å². The highest BCUT2D eigenvalue weighted by Gasteiger charge is 2.16. The molecule has 0 spiro atoms. The van der Waals surface area contributed by atoms with E-state index in [1.54, 1.807) is 26.3 Å². The predicted octanol–water partition coefficient (Wildman–Crippen LogP) is 0.542. The van der Waals surface area contributed by atoms with Gasteiger partial charge in [0.05, 0.1) is 0 Å². The number of rotatable bonds is 0. The summed E-state index contributed by atoms with van der Waals surface area (Å²) >= 11 is 0. The van der Waals surface area contributed by atoms with Crippen LogP contribution in [0.25, 0.3) is 0 Å². The third kappa shape index (κ3) is 6.88. The van der Waals surface area contributed by atoms with E-state index in [0.29, 0.717) is 0 Å². The minimum Gasteiger partial charge on any atom is -0.442 e. The topological polar surface area (TPSA) is 96.9 Å². The summed E-state index contributed by atoms with van der Waals surface area (Å²) in [6.07, 6.45) is -2.12. The van der Waals surface area contributed by atoms with Crippen LogP contribution in [0.15, 0.2) is 0 Å². The quantitative estimate of drug-likeness (QED) is 0.384. The lowest BCUT2D eigenvalue weighted by Gasteiger charge is -2.18. The monoisotopic (exact) mass is 192 g/mol. The Bertz CT molecular complexity index is 198. The molecule has 0 fully saturated rings. The van der Waals surface area contributed by atoms with E-state index in [-0.39, 0.29) is 0 Å². The lowest BCUT2D eigenvalue weighted by Crippen LogP contribution is -2.36. The molecule has 0 aliphatic rings. The van der Waals surface area contributed by atoms with Gasteiger partial charge in [0.1, 0.15) is 5.60 Å². The number of carbonyl (C=O) groups excluding carboxylic acids is 2. The average Bonchev–Trinajstić information content (AvgIpc) is 1.97. The second-order valence-electron chi connectivity index (χ2n) is 3.11. The molecule has 0 radical (unpaired) electrons. The highest BCUT2D eigenvalue weighted by molar-refractivity contribution is 5.71. The number of nitrogens with one attached hydrogen (secondary N) is 2. The molecular weight excluding hydrogens is 180 g/mol. The van der Waals surface area contributed by atoms with E-state index in [0.717, 1.165) is 5.48 Å². The van der Waals surface area contributed by atoms with Gasteiger partial charge in [0.25, 0.3) is 0 Å². The van der Waals surface area contributed by atoms with Crippen LogP contribution in [0, 0.1) is 0 Å². The van der Waals surface area contributed by atoms with E-state index in [4.69, 9.17) is 9.94 Å². The molecule has 0 aromatic rings. The molecule has 0 aliphatic heterocycles. The minimum atomic E-state index is -1.20. The number of hydrogen-bond acceptors (Lipinski definition) is 5. The fourth-order valence-electron chi connectivity index (χ4n) is 0.410. The second kappa shape index (κ2) is 4.51. The van der Waals surface area contributed by atoms with Gasteiger partial charge in [0.2, 0.25) is 0 Å². The van der Waals surface area contributed by atoms with Gasteiger partial charge >= 0.3 is 12.2 Å². The first-order valence-electron chi connectivity index (χ1n) is 3.45. The zero-order valence-corrected chi connectivity index (χ0v) is 7.58. The molecule has 3 N–H and O–H groups in total. The molecule has 0 saturated carbocycles. The number of hydrogen-bond donors (Lipinski definition) is 3. The smallest absolute Gasteiger partial charge is 0.442 e. The molecule has 0 aromatic heterocycles. The number of ether oxygens (including phenoxy) is 1. The van der Waals surface area contributed by atoms with Gasteiger partial charge in [-0.25, -0.2) is 15.1 Å². The third-order valence-electron chi connectivity index (χ3n) is 0.717. The maximum atomic E-state index is 10.8. The van der Waals surface area contributed by atoms with Gasteiger partial charge in [0, 0.05) is 0 Å².